The average Bonchev–Trinajstić information content (AvgIpc) is 2.29. The molecule has 1 heterocycles. The summed E-state index contributed by atoms with van der Waals surface area (Å²) < 4.78 is 24.3. The van der Waals surface area contributed by atoms with E-state index < -0.39 is 15.9 Å². The first kappa shape index (κ1) is 13.9. The second kappa shape index (κ2) is 5.95. The van der Waals surface area contributed by atoms with Crippen LogP contribution in [0.25, 0.3) is 0 Å². The molecule has 0 aromatic carbocycles. The van der Waals surface area contributed by atoms with Crippen molar-refractivity contribution in [1.29, 1.82) is 0 Å². The van der Waals surface area contributed by atoms with Gasteiger partial charge in [-0.3, -0.25) is 9.78 Å². The summed E-state index contributed by atoms with van der Waals surface area (Å²) in [5.74, 6) is -0.637. The lowest BCUT2D eigenvalue weighted by atomic mass is 10.2. The van der Waals surface area contributed by atoms with Crippen LogP contribution < -0.4 is 10.0 Å². The zero-order valence-electron chi connectivity index (χ0n) is 9.10. The second-order valence-corrected chi connectivity index (χ2v) is 5.59. The highest BCUT2D eigenvalue weighted by atomic mass is 35.5. The number of nitrogens with zero attached hydrogens (tertiary/aromatic N) is 1. The number of halogens is 1. The van der Waals surface area contributed by atoms with Crippen LogP contribution in [-0.4, -0.2) is 38.7 Å². The monoisotopic (exact) mass is 277 g/mol. The van der Waals surface area contributed by atoms with Gasteiger partial charge in [-0.15, -0.1) is 0 Å². The zero-order valence-corrected chi connectivity index (χ0v) is 10.7. The molecule has 2 N–H and O–H groups in total. The van der Waals surface area contributed by atoms with Crippen molar-refractivity contribution in [2.24, 2.45) is 0 Å². The Morgan fingerprint density at radius 2 is 2.24 bits per heavy atom. The Morgan fingerprint density at radius 3 is 2.82 bits per heavy atom. The van der Waals surface area contributed by atoms with Crippen molar-refractivity contribution < 1.29 is 13.2 Å². The molecule has 0 atom stereocenters. The number of nitrogens with one attached hydrogen (secondary N) is 2. The highest BCUT2D eigenvalue weighted by Crippen LogP contribution is 2.12. The molecule has 0 unspecified atom stereocenters. The lowest BCUT2D eigenvalue weighted by molar-refractivity contribution is 0.0956. The van der Waals surface area contributed by atoms with Crippen LogP contribution in [0.15, 0.2) is 18.5 Å². The van der Waals surface area contributed by atoms with Gasteiger partial charge in [0, 0.05) is 18.9 Å². The fourth-order valence-electron chi connectivity index (χ4n) is 1.04. The first-order chi connectivity index (χ1) is 7.96. The Balaban J connectivity index is 2.55. The highest BCUT2D eigenvalue weighted by Gasteiger charge is 2.11. The Labute approximate surface area is 104 Å². The lowest BCUT2D eigenvalue weighted by Crippen LogP contribution is -2.33. The fraction of sp³-hybridized carbons (Fsp3) is 0.333. The second-order valence-electron chi connectivity index (χ2n) is 3.13. The largest absolute Gasteiger partial charge is 0.351 e. The summed E-state index contributed by atoms with van der Waals surface area (Å²) in [5.41, 5.74) is 0.219. The van der Waals surface area contributed by atoms with Crippen LogP contribution in [0.5, 0.6) is 0 Å². The molecule has 1 rings (SSSR count). The third kappa shape index (κ3) is 4.29. The van der Waals surface area contributed by atoms with Gasteiger partial charge >= 0.3 is 0 Å². The normalized spacial score (nSPS) is 11.2. The Bertz CT molecular complexity index is 504. The predicted octanol–water partition coefficient (Wildman–Crippen LogP) is 0.0140. The Kier molecular flexibility index (Phi) is 4.86. The fourth-order valence-corrected chi connectivity index (χ4v) is 1.81. The van der Waals surface area contributed by atoms with Crippen molar-refractivity contribution in [3.63, 3.8) is 0 Å². The number of sulfonamides is 1. The van der Waals surface area contributed by atoms with Crippen LogP contribution in [0.1, 0.15) is 10.4 Å². The van der Waals surface area contributed by atoms with Crippen molar-refractivity contribution >= 4 is 27.5 Å². The maximum atomic E-state index is 11.6. The maximum Gasteiger partial charge on any atom is 0.254 e. The summed E-state index contributed by atoms with van der Waals surface area (Å²) in [6.07, 6.45) is 2.79. The van der Waals surface area contributed by atoms with E-state index in [1.807, 2.05) is 0 Å². The molecule has 1 aromatic rings. The maximum absolute atomic E-state index is 11.6. The van der Waals surface area contributed by atoms with E-state index in [1.165, 1.54) is 25.5 Å². The molecular weight excluding hydrogens is 266 g/mol. The van der Waals surface area contributed by atoms with E-state index in [4.69, 9.17) is 11.6 Å². The van der Waals surface area contributed by atoms with E-state index in [0.717, 1.165) is 0 Å². The smallest absolute Gasteiger partial charge is 0.254 e. The molecule has 0 spiro atoms. The van der Waals surface area contributed by atoms with Crippen molar-refractivity contribution in [2.75, 3.05) is 19.3 Å². The minimum Gasteiger partial charge on any atom is -0.351 e. The molecule has 6 nitrogen and oxygen atoms in total. The molecule has 1 amide bonds. The van der Waals surface area contributed by atoms with Gasteiger partial charge in [-0.05, 0) is 13.1 Å². The summed E-state index contributed by atoms with van der Waals surface area (Å²) in [6.45, 7) is 0.00717. The summed E-state index contributed by atoms with van der Waals surface area (Å²) in [7, 11) is -2.01. The molecule has 0 aliphatic carbocycles. The summed E-state index contributed by atoms with van der Waals surface area (Å²) in [4.78, 5) is 15.4. The first-order valence-corrected chi connectivity index (χ1v) is 6.78. The number of rotatable bonds is 5. The number of amides is 1. The van der Waals surface area contributed by atoms with E-state index >= 15 is 0 Å². The van der Waals surface area contributed by atoms with Crippen molar-refractivity contribution in [2.45, 2.75) is 0 Å². The minimum atomic E-state index is -3.32. The molecule has 0 saturated carbocycles. The third-order valence-corrected chi connectivity index (χ3v) is 3.67. The minimum absolute atomic E-state index is 0.00717. The van der Waals surface area contributed by atoms with Crippen LogP contribution in [0.2, 0.25) is 5.02 Å². The van der Waals surface area contributed by atoms with E-state index in [9.17, 15) is 13.2 Å². The molecule has 0 aliphatic rings. The molecule has 0 fully saturated rings. The van der Waals surface area contributed by atoms with Crippen molar-refractivity contribution in [3.05, 3.63) is 29.0 Å². The molecule has 0 radical (unpaired) electrons. The molecule has 94 valence electrons. The van der Waals surface area contributed by atoms with Gasteiger partial charge in [-0.25, -0.2) is 13.1 Å². The number of carbonyl (C=O) groups is 1. The Hall–Kier alpha value is -1.18. The highest BCUT2D eigenvalue weighted by molar-refractivity contribution is 7.89. The number of hydrogen-bond donors (Lipinski definition) is 2. The van der Waals surface area contributed by atoms with Crippen LogP contribution in [-0.2, 0) is 10.0 Å². The molecule has 0 aliphatic heterocycles. The van der Waals surface area contributed by atoms with Gasteiger partial charge in [-0.2, -0.15) is 0 Å². The van der Waals surface area contributed by atoms with Crippen molar-refractivity contribution in [3.8, 4) is 0 Å². The van der Waals surface area contributed by atoms with Gasteiger partial charge in [0.15, 0.2) is 0 Å². The topological polar surface area (TPSA) is 88.2 Å². The Morgan fingerprint density at radius 1 is 1.53 bits per heavy atom. The van der Waals surface area contributed by atoms with Gasteiger partial charge in [0.2, 0.25) is 10.0 Å². The summed E-state index contributed by atoms with van der Waals surface area (Å²) in [5, 5.41) is 2.72. The van der Waals surface area contributed by atoms with Gasteiger partial charge in [0.05, 0.1) is 16.3 Å². The molecule has 0 saturated heterocycles. The van der Waals surface area contributed by atoms with E-state index in [-0.39, 0.29) is 22.9 Å². The lowest BCUT2D eigenvalue weighted by Gasteiger charge is -2.06. The summed E-state index contributed by atoms with van der Waals surface area (Å²) in [6, 6.07) is 1.49. The van der Waals surface area contributed by atoms with Gasteiger partial charge in [0.25, 0.3) is 5.91 Å². The average molecular weight is 278 g/mol. The molecular formula is C9H12ClN3O3S. The number of aromatic nitrogens is 1. The van der Waals surface area contributed by atoms with Gasteiger partial charge < -0.3 is 5.32 Å². The third-order valence-electron chi connectivity index (χ3n) is 1.98. The molecule has 1 aromatic heterocycles. The van der Waals surface area contributed by atoms with E-state index in [1.54, 1.807) is 0 Å². The van der Waals surface area contributed by atoms with Gasteiger partial charge in [0.1, 0.15) is 0 Å². The van der Waals surface area contributed by atoms with Crippen molar-refractivity contribution in [1.82, 2.24) is 15.0 Å². The van der Waals surface area contributed by atoms with Crippen LogP contribution in [0.3, 0.4) is 0 Å². The first-order valence-electron chi connectivity index (χ1n) is 4.75. The zero-order chi connectivity index (χ0) is 12.9. The summed E-state index contributed by atoms with van der Waals surface area (Å²) >= 11 is 5.78. The predicted molar refractivity (Wildman–Crippen MR) is 64.4 cm³/mol. The van der Waals surface area contributed by atoms with E-state index in [2.05, 4.69) is 15.0 Å². The van der Waals surface area contributed by atoms with Crippen LogP contribution in [0.4, 0.5) is 0 Å². The standard InChI is InChI=1S/C9H12ClN3O3S/c1-11-17(15,16)5-4-13-9(14)7-6-12-3-2-8(7)10/h2-3,6,11H,4-5H2,1H3,(H,13,14). The molecule has 8 heteroatoms. The quantitative estimate of drug-likeness (QED) is 0.794. The molecule has 0 bridgehead atoms. The van der Waals surface area contributed by atoms with Crippen LogP contribution in [0, 0.1) is 0 Å². The SMILES string of the molecule is CNS(=O)(=O)CCNC(=O)c1cnccc1Cl. The number of pyridine rings is 1. The van der Waals surface area contributed by atoms with E-state index in [0.29, 0.717) is 0 Å². The molecule has 17 heavy (non-hydrogen) atoms. The van der Waals surface area contributed by atoms with Crippen LogP contribution >= 0.6 is 11.6 Å². The number of hydrogen-bond acceptors (Lipinski definition) is 4. The van der Waals surface area contributed by atoms with Gasteiger partial charge in [-0.1, -0.05) is 11.6 Å². The number of carbonyl (C=O) groups excluding carboxylic acids is 1.